The number of carboxylic acids is 1. The summed E-state index contributed by atoms with van der Waals surface area (Å²) in [7, 11) is -4.49. The highest BCUT2D eigenvalue weighted by molar-refractivity contribution is 7.89. The van der Waals surface area contributed by atoms with Gasteiger partial charge in [0, 0.05) is 25.2 Å². The maximum Gasteiger partial charge on any atom is 0.309 e. The normalized spacial score (nSPS) is 17.2. The third kappa shape index (κ3) is 2.30. The van der Waals surface area contributed by atoms with Gasteiger partial charge in [-0.05, 0) is 0 Å². The van der Waals surface area contributed by atoms with Crippen molar-refractivity contribution in [2.24, 2.45) is 5.92 Å². The molecule has 1 aromatic rings. The number of aliphatic carboxylic acids is 1. The molecule has 1 heterocycles. The lowest BCUT2D eigenvalue weighted by molar-refractivity contribution is -0.145. The van der Waals surface area contributed by atoms with Crippen LogP contribution in [-0.2, 0) is 14.8 Å². The molecule has 1 aliphatic rings. The minimum Gasteiger partial charge on any atom is -0.481 e. The van der Waals surface area contributed by atoms with Crippen molar-refractivity contribution >= 4 is 16.0 Å². The van der Waals surface area contributed by atoms with E-state index in [9.17, 15) is 26.4 Å². The van der Waals surface area contributed by atoms with E-state index in [-0.39, 0.29) is 25.2 Å². The van der Waals surface area contributed by atoms with Crippen LogP contribution in [0.5, 0.6) is 0 Å². The molecule has 1 aromatic carbocycles. The second kappa shape index (κ2) is 4.49. The van der Waals surface area contributed by atoms with Crippen LogP contribution in [-0.4, -0.2) is 36.9 Å². The van der Waals surface area contributed by atoms with Crippen LogP contribution in [0.15, 0.2) is 17.0 Å². The van der Waals surface area contributed by atoms with Crippen molar-refractivity contribution in [3.63, 3.8) is 0 Å². The van der Waals surface area contributed by atoms with E-state index in [1.54, 1.807) is 0 Å². The van der Waals surface area contributed by atoms with Crippen LogP contribution in [0.2, 0.25) is 0 Å². The van der Waals surface area contributed by atoms with Crippen molar-refractivity contribution in [2.75, 3.05) is 13.1 Å². The Morgan fingerprint density at radius 1 is 1.21 bits per heavy atom. The van der Waals surface area contributed by atoms with Gasteiger partial charge in [-0.1, -0.05) is 0 Å². The Labute approximate surface area is 106 Å². The number of hydrogen-bond donors (Lipinski definition) is 1. The Morgan fingerprint density at radius 3 is 2.11 bits per heavy atom. The highest BCUT2D eigenvalue weighted by atomic mass is 32.2. The molecule has 0 bridgehead atoms. The van der Waals surface area contributed by atoms with Crippen LogP contribution in [0.25, 0.3) is 0 Å². The maximum atomic E-state index is 13.4. The molecule has 9 heteroatoms. The first-order chi connectivity index (χ1) is 8.73. The zero-order valence-corrected chi connectivity index (χ0v) is 10.1. The van der Waals surface area contributed by atoms with Crippen LogP contribution < -0.4 is 0 Å². The average molecular weight is 295 g/mol. The van der Waals surface area contributed by atoms with Gasteiger partial charge in [0.05, 0.1) is 5.92 Å². The summed E-state index contributed by atoms with van der Waals surface area (Å²) < 4.78 is 63.8. The largest absolute Gasteiger partial charge is 0.481 e. The van der Waals surface area contributed by atoms with Crippen LogP contribution >= 0.6 is 0 Å². The SMILES string of the molecule is O=C(O)C1CN(S(=O)(=O)c2c(F)cc(F)cc2F)C1. The van der Waals surface area contributed by atoms with Crippen LogP contribution in [0.1, 0.15) is 0 Å². The van der Waals surface area contributed by atoms with Crippen LogP contribution in [0.4, 0.5) is 13.2 Å². The van der Waals surface area contributed by atoms with E-state index in [2.05, 4.69) is 0 Å². The van der Waals surface area contributed by atoms with Crippen molar-refractivity contribution in [1.82, 2.24) is 4.31 Å². The molecule has 1 N–H and O–H groups in total. The first-order valence-corrected chi connectivity index (χ1v) is 6.55. The summed E-state index contributed by atoms with van der Waals surface area (Å²) in [5.74, 6) is -6.42. The molecular weight excluding hydrogens is 287 g/mol. The molecule has 0 saturated carbocycles. The molecule has 0 unspecified atom stereocenters. The van der Waals surface area contributed by atoms with Crippen molar-refractivity contribution < 1.29 is 31.5 Å². The van der Waals surface area contributed by atoms with Crippen molar-refractivity contribution in [3.05, 3.63) is 29.6 Å². The van der Waals surface area contributed by atoms with E-state index >= 15 is 0 Å². The second-order valence-corrected chi connectivity index (χ2v) is 5.93. The molecule has 19 heavy (non-hydrogen) atoms. The number of carboxylic acid groups (broad SMARTS) is 1. The van der Waals surface area contributed by atoms with Gasteiger partial charge in [-0.3, -0.25) is 4.79 Å². The van der Waals surface area contributed by atoms with Gasteiger partial charge >= 0.3 is 5.97 Å². The zero-order chi connectivity index (χ0) is 14.4. The smallest absolute Gasteiger partial charge is 0.309 e. The van der Waals surface area contributed by atoms with Gasteiger partial charge in [-0.25, -0.2) is 21.6 Å². The van der Waals surface area contributed by atoms with E-state index < -0.39 is 44.3 Å². The first-order valence-electron chi connectivity index (χ1n) is 5.11. The molecule has 0 spiro atoms. The predicted molar refractivity (Wildman–Crippen MR) is 56.2 cm³/mol. The van der Waals surface area contributed by atoms with Gasteiger partial charge in [0.25, 0.3) is 0 Å². The molecule has 0 amide bonds. The Kier molecular flexibility index (Phi) is 3.27. The number of rotatable bonds is 3. The zero-order valence-electron chi connectivity index (χ0n) is 9.31. The minimum absolute atomic E-state index is 0.254. The molecule has 0 aliphatic carbocycles. The van der Waals surface area contributed by atoms with Crippen LogP contribution in [0, 0.1) is 23.4 Å². The molecule has 1 fully saturated rings. The summed E-state index contributed by atoms with van der Waals surface area (Å²) in [5, 5.41) is 8.61. The molecule has 0 atom stereocenters. The number of hydrogen-bond acceptors (Lipinski definition) is 3. The van der Waals surface area contributed by atoms with Gasteiger partial charge in [0.15, 0.2) is 4.90 Å². The highest BCUT2D eigenvalue weighted by Gasteiger charge is 2.42. The summed E-state index contributed by atoms with van der Waals surface area (Å²) in [6.45, 7) is -0.734. The molecule has 0 radical (unpaired) electrons. The lowest BCUT2D eigenvalue weighted by atomic mass is 10.0. The van der Waals surface area contributed by atoms with Crippen molar-refractivity contribution in [2.45, 2.75) is 4.90 Å². The van der Waals surface area contributed by atoms with Gasteiger partial charge in [-0.2, -0.15) is 4.31 Å². The summed E-state index contributed by atoms with van der Waals surface area (Å²) in [5.41, 5.74) is 0. The number of nitrogens with zero attached hydrogens (tertiary/aromatic N) is 1. The summed E-state index contributed by atoms with van der Waals surface area (Å²) in [6, 6.07) is 0.509. The first kappa shape index (κ1) is 13.8. The average Bonchev–Trinajstić information content (AvgIpc) is 2.09. The number of sulfonamides is 1. The maximum absolute atomic E-state index is 13.4. The summed E-state index contributed by atoms with van der Waals surface area (Å²) in [6.07, 6.45) is 0. The van der Waals surface area contributed by atoms with Crippen LogP contribution in [0.3, 0.4) is 0 Å². The second-order valence-electron chi connectivity index (χ2n) is 4.06. The third-order valence-corrected chi connectivity index (χ3v) is 4.64. The molecule has 5 nitrogen and oxygen atoms in total. The molecule has 1 saturated heterocycles. The number of benzene rings is 1. The Bertz CT molecular complexity index is 617. The fourth-order valence-electron chi connectivity index (χ4n) is 1.70. The molecule has 2 rings (SSSR count). The fraction of sp³-hybridized carbons (Fsp3) is 0.300. The molecule has 0 aromatic heterocycles. The summed E-state index contributed by atoms with van der Waals surface area (Å²) >= 11 is 0. The molecular formula is C10H8F3NO4S. The minimum atomic E-state index is -4.49. The monoisotopic (exact) mass is 295 g/mol. The third-order valence-electron chi connectivity index (χ3n) is 2.76. The Balaban J connectivity index is 2.35. The lowest BCUT2D eigenvalue weighted by Crippen LogP contribution is -2.53. The quantitative estimate of drug-likeness (QED) is 0.895. The van der Waals surface area contributed by atoms with E-state index in [0.29, 0.717) is 4.31 Å². The Hall–Kier alpha value is -1.61. The van der Waals surface area contributed by atoms with E-state index in [0.717, 1.165) is 0 Å². The van der Waals surface area contributed by atoms with Gasteiger partial charge in [0.2, 0.25) is 10.0 Å². The van der Waals surface area contributed by atoms with Gasteiger partial charge in [-0.15, -0.1) is 0 Å². The topological polar surface area (TPSA) is 74.7 Å². The lowest BCUT2D eigenvalue weighted by Gasteiger charge is -2.35. The van der Waals surface area contributed by atoms with E-state index in [1.807, 2.05) is 0 Å². The standard InChI is InChI=1S/C10H8F3NO4S/c11-6-1-7(12)9(8(13)2-6)19(17,18)14-3-5(4-14)10(15)16/h1-2,5H,3-4H2,(H,15,16). The number of carbonyl (C=O) groups is 1. The Morgan fingerprint density at radius 2 is 1.68 bits per heavy atom. The van der Waals surface area contributed by atoms with Crippen molar-refractivity contribution in [3.8, 4) is 0 Å². The van der Waals surface area contributed by atoms with Gasteiger partial charge in [0.1, 0.15) is 17.5 Å². The van der Waals surface area contributed by atoms with E-state index in [4.69, 9.17) is 5.11 Å². The molecule has 104 valence electrons. The molecule has 1 aliphatic heterocycles. The number of halogens is 3. The van der Waals surface area contributed by atoms with Crippen molar-refractivity contribution in [1.29, 1.82) is 0 Å². The predicted octanol–water partition coefficient (Wildman–Crippen LogP) is 0.809. The fourth-order valence-corrected chi connectivity index (χ4v) is 3.32. The van der Waals surface area contributed by atoms with E-state index in [1.165, 1.54) is 0 Å². The summed E-state index contributed by atoms with van der Waals surface area (Å²) in [4.78, 5) is 9.28. The van der Waals surface area contributed by atoms with Gasteiger partial charge < -0.3 is 5.11 Å². The highest BCUT2D eigenvalue weighted by Crippen LogP contribution is 2.29.